The monoisotopic (exact) mass is 270 g/mol. The number of rotatable bonds is 7. The molecule has 1 N–H and O–H groups in total. The highest BCUT2D eigenvalue weighted by Crippen LogP contribution is 2.12. The van der Waals surface area contributed by atoms with E-state index in [0.29, 0.717) is 12.1 Å². The van der Waals surface area contributed by atoms with Gasteiger partial charge in [0, 0.05) is 19.3 Å². The number of ether oxygens (including phenoxy) is 2. The first-order valence-electron chi connectivity index (χ1n) is 7.96. The molecule has 4 nitrogen and oxygen atoms in total. The second-order valence-corrected chi connectivity index (χ2v) is 5.95. The molecule has 2 fully saturated rings. The van der Waals surface area contributed by atoms with Gasteiger partial charge in [-0.05, 0) is 65.2 Å². The summed E-state index contributed by atoms with van der Waals surface area (Å²) in [5, 5.41) is 3.67. The highest BCUT2D eigenvalue weighted by molar-refractivity contribution is 4.73. The highest BCUT2D eigenvalue weighted by Gasteiger charge is 2.15. The minimum Gasteiger partial charge on any atom is -0.379 e. The minimum atomic E-state index is 0.366. The lowest BCUT2D eigenvalue weighted by molar-refractivity contribution is 0.0165. The minimum absolute atomic E-state index is 0.366. The average Bonchev–Trinajstić information content (AvgIpc) is 2.84. The molecule has 0 aromatic heterocycles. The van der Waals surface area contributed by atoms with E-state index in [0.717, 1.165) is 32.8 Å². The molecule has 0 spiro atoms. The van der Waals surface area contributed by atoms with E-state index in [-0.39, 0.29) is 0 Å². The Bertz CT molecular complexity index is 232. The van der Waals surface area contributed by atoms with Gasteiger partial charge in [0.2, 0.25) is 0 Å². The molecule has 0 aromatic carbocycles. The van der Waals surface area contributed by atoms with Gasteiger partial charge in [-0.1, -0.05) is 0 Å². The lowest BCUT2D eigenvalue weighted by atomic mass is 10.1. The molecule has 2 rings (SSSR count). The number of likely N-dealkylation sites (tertiary alicyclic amines) is 1. The normalized spacial score (nSPS) is 29.5. The fraction of sp³-hybridized carbons (Fsp3) is 1.00. The van der Waals surface area contributed by atoms with Crippen LogP contribution in [0, 0.1) is 0 Å². The fourth-order valence-electron chi connectivity index (χ4n) is 2.92. The van der Waals surface area contributed by atoms with Gasteiger partial charge in [-0.2, -0.15) is 0 Å². The van der Waals surface area contributed by atoms with Crippen molar-refractivity contribution in [3.63, 3.8) is 0 Å². The molecule has 0 aliphatic carbocycles. The Balaban J connectivity index is 1.42. The van der Waals surface area contributed by atoms with Gasteiger partial charge in [0.25, 0.3) is 0 Å². The molecule has 2 saturated heterocycles. The maximum absolute atomic E-state index is 5.68. The van der Waals surface area contributed by atoms with E-state index in [9.17, 15) is 0 Å². The highest BCUT2D eigenvalue weighted by atomic mass is 16.5. The van der Waals surface area contributed by atoms with Crippen molar-refractivity contribution in [3.05, 3.63) is 0 Å². The summed E-state index contributed by atoms with van der Waals surface area (Å²) in [5.74, 6) is 0. The SMILES string of the molecule is CN1CCCC(NCCCOCC2CCCO2)CC1. The quantitative estimate of drug-likeness (QED) is 0.713. The second-order valence-electron chi connectivity index (χ2n) is 5.95. The Morgan fingerprint density at radius 2 is 2.16 bits per heavy atom. The third kappa shape index (κ3) is 6.21. The summed E-state index contributed by atoms with van der Waals surface area (Å²) in [6.45, 7) is 6.13. The Hall–Kier alpha value is -0.160. The van der Waals surface area contributed by atoms with Crippen molar-refractivity contribution >= 4 is 0 Å². The maximum Gasteiger partial charge on any atom is 0.0809 e. The van der Waals surface area contributed by atoms with Gasteiger partial charge < -0.3 is 19.7 Å². The van der Waals surface area contributed by atoms with E-state index < -0.39 is 0 Å². The zero-order valence-corrected chi connectivity index (χ0v) is 12.4. The van der Waals surface area contributed by atoms with Crippen molar-refractivity contribution in [3.8, 4) is 0 Å². The van der Waals surface area contributed by atoms with Gasteiger partial charge in [0.05, 0.1) is 12.7 Å². The molecular formula is C15H30N2O2. The molecule has 0 saturated carbocycles. The zero-order valence-electron chi connectivity index (χ0n) is 12.4. The Labute approximate surface area is 117 Å². The number of hydrogen-bond donors (Lipinski definition) is 1. The molecule has 19 heavy (non-hydrogen) atoms. The van der Waals surface area contributed by atoms with E-state index in [1.807, 2.05) is 0 Å². The van der Waals surface area contributed by atoms with Crippen molar-refractivity contribution in [2.45, 2.75) is 50.7 Å². The molecule has 2 atom stereocenters. The molecular weight excluding hydrogens is 240 g/mol. The summed E-state index contributed by atoms with van der Waals surface area (Å²) < 4.78 is 11.2. The van der Waals surface area contributed by atoms with Crippen LogP contribution < -0.4 is 5.32 Å². The van der Waals surface area contributed by atoms with E-state index in [1.54, 1.807) is 0 Å². The lowest BCUT2D eigenvalue weighted by Gasteiger charge is -2.17. The molecule has 0 amide bonds. The van der Waals surface area contributed by atoms with Crippen LogP contribution in [0.15, 0.2) is 0 Å². The lowest BCUT2D eigenvalue weighted by Crippen LogP contribution is -2.31. The molecule has 0 aromatic rings. The first-order valence-corrected chi connectivity index (χ1v) is 7.96. The van der Waals surface area contributed by atoms with E-state index >= 15 is 0 Å². The maximum atomic E-state index is 5.68. The van der Waals surface area contributed by atoms with Crippen LogP contribution in [0.3, 0.4) is 0 Å². The second kappa shape index (κ2) is 8.90. The zero-order chi connectivity index (χ0) is 13.3. The number of nitrogens with one attached hydrogen (secondary N) is 1. The number of nitrogens with zero attached hydrogens (tertiary/aromatic N) is 1. The summed E-state index contributed by atoms with van der Waals surface area (Å²) in [4.78, 5) is 2.44. The van der Waals surface area contributed by atoms with E-state index in [1.165, 1.54) is 45.2 Å². The van der Waals surface area contributed by atoms with E-state index in [4.69, 9.17) is 9.47 Å². The summed E-state index contributed by atoms with van der Waals surface area (Å²) in [6, 6.07) is 0.711. The molecule has 0 bridgehead atoms. The van der Waals surface area contributed by atoms with Crippen molar-refractivity contribution in [2.75, 3.05) is 46.5 Å². The summed E-state index contributed by atoms with van der Waals surface area (Å²) in [5.41, 5.74) is 0. The Morgan fingerprint density at radius 1 is 1.21 bits per heavy atom. The molecule has 2 aliphatic heterocycles. The largest absolute Gasteiger partial charge is 0.379 e. The predicted molar refractivity (Wildman–Crippen MR) is 77.5 cm³/mol. The summed E-state index contributed by atoms with van der Waals surface area (Å²) >= 11 is 0. The first-order chi connectivity index (χ1) is 9.34. The molecule has 0 radical (unpaired) electrons. The van der Waals surface area contributed by atoms with Crippen LogP contribution in [0.1, 0.15) is 38.5 Å². The Kier molecular flexibility index (Phi) is 7.14. The van der Waals surface area contributed by atoms with Crippen molar-refractivity contribution < 1.29 is 9.47 Å². The molecule has 2 aliphatic rings. The molecule has 112 valence electrons. The van der Waals surface area contributed by atoms with Crippen molar-refractivity contribution in [2.24, 2.45) is 0 Å². The van der Waals surface area contributed by atoms with Gasteiger partial charge in [0.15, 0.2) is 0 Å². The summed E-state index contributed by atoms with van der Waals surface area (Å²) in [7, 11) is 2.22. The van der Waals surface area contributed by atoms with Crippen molar-refractivity contribution in [1.82, 2.24) is 10.2 Å². The van der Waals surface area contributed by atoms with Gasteiger partial charge >= 0.3 is 0 Å². The first kappa shape index (κ1) is 15.2. The molecule has 2 unspecified atom stereocenters. The van der Waals surface area contributed by atoms with E-state index in [2.05, 4.69) is 17.3 Å². The van der Waals surface area contributed by atoms with Crippen LogP contribution in [0.5, 0.6) is 0 Å². The smallest absolute Gasteiger partial charge is 0.0809 e. The molecule has 2 heterocycles. The molecule has 4 heteroatoms. The predicted octanol–water partition coefficient (Wildman–Crippen LogP) is 1.65. The topological polar surface area (TPSA) is 33.7 Å². The van der Waals surface area contributed by atoms with Gasteiger partial charge in [-0.15, -0.1) is 0 Å². The Morgan fingerprint density at radius 3 is 3.00 bits per heavy atom. The number of hydrogen-bond acceptors (Lipinski definition) is 4. The van der Waals surface area contributed by atoms with Gasteiger partial charge in [-0.3, -0.25) is 0 Å². The van der Waals surface area contributed by atoms with Crippen LogP contribution in [-0.4, -0.2) is 63.5 Å². The summed E-state index contributed by atoms with van der Waals surface area (Å²) in [6.07, 6.45) is 7.78. The van der Waals surface area contributed by atoms with Crippen LogP contribution in [-0.2, 0) is 9.47 Å². The van der Waals surface area contributed by atoms with Crippen LogP contribution in [0.2, 0.25) is 0 Å². The van der Waals surface area contributed by atoms with Crippen LogP contribution in [0.4, 0.5) is 0 Å². The van der Waals surface area contributed by atoms with Crippen molar-refractivity contribution in [1.29, 1.82) is 0 Å². The third-order valence-electron chi connectivity index (χ3n) is 4.18. The fourth-order valence-corrected chi connectivity index (χ4v) is 2.92. The van der Waals surface area contributed by atoms with Crippen LogP contribution >= 0.6 is 0 Å². The van der Waals surface area contributed by atoms with Crippen LogP contribution in [0.25, 0.3) is 0 Å². The average molecular weight is 270 g/mol. The standard InChI is InChI=1S/C15H30N2O2/c1-17-9-2-5-14(7-10-17)16-8-4-11-18-13-15-6-3-12-19-15/h14-16H,2-13H2,1H3. The van der Waals surface area contributed by atoms with Gasteiger partial charge in [-0.25, -0.2) is 0 Å². The third-order valence-corrected chi connectivity index (χ3v) is 4.18. The van der Waals surface area contributed by atoms with Gasteiger partial charge in [0.1, 0.15) is 0 Å².